The van der Waals surface area contributed by atoms with Crippen molar-refractivity contribution in [3.63, 3.8) is 0 Å². The van der Waals surface area contributed by atoms with E-state index in [0.717, 1.165) is 38.4 Å². The van der Waals surface area contributed by atoms with Gasteiger partial charge in [0.25, 0.3) is 0 Å². The third kappa shape index (κ3) is 6.07. The van der Waals surface area contributed by atoms with Crippen molar-refractivity contribution in [1.82, 2.24) is 14.9 Å². The number of rotatable bonds is 5. The zero-order chi connectivity index (χ0) is 17.1. The molecular formula is C18H31N3O2. The highest BCUT2D eigenvalue weighted by Gasteiger charge is 2.25. The summed E-state index contributed by atoms with van der Waals surface area (Å²) in [5.74, 6) is 0.621. The number of likely N-dealkylation sites (tertiary alicyclic amines) is 1. The maximum atomic E-state index is 5.96. The van der Waals surface area contributed by atoms with Gasteiger partial charge >= 0.3 is 0 Å². The van der Waals surface area contributed by atoms with Gasteiger partial charge < -0.3 is 9.47 Å². The van der Waals surface area contributed by atoms with Crippen molar-refractivity contribution in [1.29, 1.82) is 0 Å². The van der Waals surface area contributed by atoms with Crippen LogP contribution in [0.1, 0.15) is 53.7 Å². The highest BCUT2D eigenvalue weighted by molar-refractivity contribution is 5.13. The minimum Gasteiger partial charge on any atom is -0.472 e. The van der Waals surface area contributed by atoms with Gasteiger partial charge in [0.1, 0.15) is 6.10 Å². The second kappa shape index (κ2) is 7.14. The molecule has 1 aromatic rings. The lowest BCUT2D eigenvalue weighted by molar-refractivity contribution is -0.0116. The fourth-order valence-corrected chi connectivity index (χ4v) is 2.51. The van der Waals surface area contributed by atoms with Gasteiger partial charge in [-0.25, -0.2) is 4.98 Å². The minimum atomic E-state index is -0.0694. The third-order valence-electron chi connectivity index (χ3n) is 3.86. The summed E-state index contributed by atoms with van der Waals surface area (Å²) in [5, 5.41) is 0. The van der Waals surface area contributed by atoms with E-state index < -0.39 is 0 Å². The van der Waals surface area contributed by atoms with Crippen LogP contribution < -0.4 is 4.74 Å². The average Bonchev–Trinajstić information content (AvgIpc) is 2.84. The molecule has 0 unspecified atom stereocenters. The number of ether oxygens (including phenoxy) is 2. The van der Waals surface area contributed by atoms with Crippen LogP contribution in [0.25, 0.3) is 0 Å². The van der Waals surface area contributed by atoms with Gasteiger partial charge in [-0.1, -0.05) is 20.8 Å². The van der Waals surface area contributed by atoms with Gasteiger partial charge in [-0.15, -0.1) is 0 Å². The van der Waals surface area contributed by atoms with Crippen molar-refractivity contribution < 1.29 is 9.47 Å². The smallest absolute Gasteiger partial charge is 0.232 e. The van der Waals surface area contributed by atoms with Crippen LogP contribution in [0.5, 0.6) is 5.88 Å². The van der Waals surface area contributed by atoms with Crippen LogP contribution >= 0.6 is 0 Å². The van der Waals surface area contributed by atoms with Crippen LogP contribution in [-0.2, 0) is 10.2 Å². The Labute approximate surface area is 140 Å². The van der Waals surface area contributed by atoms with Crippen molar-refractivity contribution in [3.05, 3.63) is 18.1 Å². The van der Waals surface area contributed by atoms with Gasteiger partial charge in [0, 0.05) is 25.0 Å². The predicted molar refractivity (Wildman–Crippen MR) is 91.9 cm³/mol. The third-order valence-corrected chi connectivity index (χ3v) is 3.86. The minimum absolute atomic E-state index is 0.0166. The summed E-state index contributed by atoms with van der Waals surface area (Å²) in [7, 11) is 0. The van der Waals surface area contributed by atoms with Gasteiger partial charge in [-0.05, 0) is 27.2 Å². The van der Waals surface area contributed by atoms with Crippen LogP contribution in [0, 0.1) is 0 Å². The first-order valence-corrected chi connectivity index (χ1v) is 8.49. The molecule has 0 amide bonds. The molecule has 1 aliphatic rings. The molecule has 1 aliphatic heterocycles. The number of hydrogen-bond donors (Lipinski definition) is 0. The molecule has 1 fully saturated rings. The molecule has 1 aromatic heterocycles. The van der Waals surface area contributed by atoms with E-state index in [0.29, 0.717) is 5.88 Å². The molecule has 5 nitrogen and oxygen atoms in total. The van der Waals surface area contributed by atoms with E-state index in [-0.39, 0.29) is 17.1 Å². The fraction of sp³-hybridized carbons (Fsp3) is 0.778. The number of nitrogens with zero attached hydrogens (tertiary/aromatic N) is 3. The molecule has 1 saturated heterocycles. The average molecular weight is 321 g/mol. The maximum Gasteiger partial charge on any atom is 0.232 e. The molecular weight excluding hydrogens is 290 g/mol. The van der Waals surface area contributed by atoms with Gasteiger partial charge in [0.05, 0.1) is 30.3 Å². The zero-order valence-corrected chi connectivity index (χ0v) is 15.4. The van der Waals surface area contributed by atoms with Crippen LogP contribution in [0.15, 0.2) is 12.4 Å². The Bertz CT molecular complexity index is 488. The Kier molecular flexibility index (Phi) is 5.63. The van der Waals surface area contributed by atoms with E-state index in [4.69, 9.17) is 9.47 Å². The Morgan fingerprint density at radius 1 is 1.13 bits per heavy atom. The molecule has 23 heavy (non-hydrogen) atoms. The summed E-state index contributed by atoms with van der Waals surface area (Å²) in [4.78, 5) is 11.2. The Hall–Kier alpha value is -1.20. The molecule has 0 N–H and O–H groups in total. The SMILES string of the molecule is CC(C)(C)OCCN1CC[C@H](Oc2cnc(C(C)(C)C)cn2)C1. The molecule has 0 aromatic carbocycles. The zero-order valence-electron chi connectivity index (χ0n) is 15.4. The molecule has 5 heteroatoms. The van der Waals surface area contributed by atoms with Crippen LogP contribution in [0.2, 0.25) is 0 Å². The summed E-state index contributed by atoms with van der Waals surface area (Å²) >= 11 is 0. The van der Waals surface area contributed by atoms with Crippen LogP contribution in [0.4, 0.5) is 0 Å². The van der Waals surface area contributed by atoms with Crippen molar-refractivity contribution in [2.24, 2.45) is 0 Å². The standard InChI is InChI=1S/C18H31N3O2/c1-17(2,3)15-11-20-16(12-19-15)23-14-7-8-21(13-14)9-10-22-18(4,5)6/h11-12,14H,7-10,13H2,1-6H3/t14-/m0/s1. The molecule has 0 bridgehead atoms. The Balaban J connectivity index is 1.77. The van der Waals surface area contributed by atoms with Gasteiger partial charge in [0.15, 0.2) is 0 Å². The molecule has 130 valence electrons. The number of aromatic nitrogens is 2. The first-order valence-electron chi connectivity index (χ1n) is 8.49. The highest BCUT2D eigenvalue weighted by Crippen LogP contribution is 2.21. The van der Waals surface area contributed by atoms with E-state index in [1.54, 1.807) is 6.20 Å². The van der Waals surface area contributed by atoms with E-state index in [1.165, 1.54) is 0 Å². The second-order valence-electron chi connectivity index (χ2n) is 8.28. The summed E-state index contributed by atoms with van der Waals surface area (Å²) in [6, 6.07) is 0. The van der Waals surface area contributed by atoms with E-state index >= 15 is 0 Å². The lowest BCUT2D eigenvalue weighted by Crippen LogP contribution is -2.31. The Morgan fingerprint density at radius 3 is 2.43 bits per heavy atom. The Morgan fingerprint density at radius 2 is 1.87 bits per heavy atom. The van der Waals surface area contributed by atoms with E-state index in [1.807, 2.05) is 6.20 Å². The lowest BCUT2D eigenvalue weighted by atomic mass is 9.93. The monoisotopic (exact) mass is 321 g/mol. The molecule has 2 heterocycles. The lowest BCUT2D eigenvalue weighted by Gasteiger charge is -2.22. The maximum absolute atomic E-state index is 5.96. The fourth-order valence-electron chi connectivity index (χ4n) is 2.51. The van der Waals surface area contributed by atoms with Gasteiger partial charge in [0.2, 0.25) is 5.88 Å². The largest absolute Gasteiger partial charge is 0.472 e. The van der Waals surface area contributed by atoms with Gasteiger partial charge in [-0.2, -0.15) is 0 Å². The highest BCUT2D eigenvalue weighted by atomic mass is 16.5. The second-order valence-corrected chi connectivity index (χ2v) is 8.28. The topological polar surface area (TPSA) is 47.5 Å². The van der Waals surface area contributed by atoms with Crippen molar-refractivity contribution in [3.8, 4) is 5.88 Å². The summed E-state index contributed by atoms with van der Waals surface area (Å²) in [5.41, 5.74) is 0.931. The first-order chi connectivity index (χ1) is 10.6. The molecule has 0 saturated carbocycles. The normalized spacial score (nSPS) is 20.0. The quantitative estimate of drug-likeness (QED) is 0.834. The van der Waals surface area contributed by atoms with E-state index in [2.05, 4.69) is 56.4 Å². The summed E-state index contributed by atoms with van der Waals surface area (Å²) < 4.78 is 11.7. The predicted octanol–water partition coefficient (Wildman–Crippen LogP) is 3.04. The number of hydrogen-bond acceptors (Lipinski definition) is 5. The summed E-state index contributed by atoms with van der Waals surface area (Å²) in [6.07, 6.45) is 4.78. The summed E-state index contributed by atoms with van der Waals surface area (Å²) in [6.45, 7) is 16.3. The van der Waals surface area contributed by atoms with Gasteiger partial charge in [-0.3, -0.25) is 9.88 Å². The van der Waals surface area contributed by atoms with Crippen molar-refractivity contribution in [2.75, 3.05) is 26.2 Å². The first kappa shape index (κ1) is 18.1. The molecule has 1 atom stereocenters. The van der Waals surface area contributed by atoms with E-state index in [9.17, 15) is 0 Å². The molecule has 2 rings (SSSR count). The van der Waals surface area contributed by atoms with Crippen molar-refractivity contribution in [2.45, 2.75) is 65.1 Å². The van der Waals surface area contributed by atoms with Crippen LogP contribution in [0.3, 0.4) is 0 Å². The molecule has 0 aliphatic carbocycles. The van der Waals surface area contributed by atoms with Crippen molar-refractivity contribution >= 4 is 0 Å². The van der Waals surface area contributed by atoms with Crippen LogP contribution in [-0.4, -0.2) is 52.8 Å². The molecule has 0 radical (unpaired) electrons. The molecule has 0 spiro atoms.